The van der Waals surface area contributed by atoms with E-state index in [2.05, 4.69) is 16.2 Å². The second-order valence-corrected chi connectivity index (χ2v) is 6.74. The van der Waals surface area contributed by atoms with Crippen molar-refractivity contribution in [2.75, 3.05) is 0 Å². The minimum atomic E-state index is -0.218. The third-order valence-electron chi connectivity index (χ3n) is 4.52. The highest BCUT2D eigenvalue weighted by Crippen LogP contribution is 2.29. The molecule has 0 unspecified atom stereocenters. The molecule has 6 heteroatoms. The molecule has 2 aromatic carbocycles. The van der Waals surface area contributed by atoms with Crippen LogP contribution < -0.4 is 10.3 Å². The van der Waals surface area contributed by atoms with E-state index in [1.807, 2.05) is 68.4 Å². The molecule has 0 amide bonds. The van der Waals surface area contributed by atoms with Gasteiger partial charge in [0.25, 0.3) is 5.56 Å². The predicted octanol–water partition coefficient (Wildman–Crippen LogP) is 4.48. The average Bonchev–Trinajstić information content (AvgIpc) is 3.12. The molecule has 28 heavy (non-hydrogen) atoms. The molecule has 4 rings (SSSR count). The largest absolute Gasteiger partial charge is 0.457 e. The van der Waals surface area contributed by atoms with Gasteiger partial charge in [0, 0.05) is 5.56 Å². The van der Waals surface area contributed by atoms with Gasteiger partial charge in [-0.05, 0) is 47.9 Å². The minimum Gasteiger partial charge on any atom is -0.457 e. The van der Waals surface area contributed by atoms with Gasteiger partial charge in [-0.1, -0.05) is 32.0 Å². The molecule has 0 aliphatic rings. The fourth-order valence-corrected chi connectivity index (χ4v) is 3.19. The number of hydrogen-bond donors (Lipinski definition) is 1. The van der Waals surface area contributed by atoms with E-state index >= 15 is 0 Å². The van der Waals surface area contributed by atoms with Crippen molar-refractivity contribution in [2.24, 2.45) is 0 Å². The number of H-pyrrole nitrogens is 1. The first-order valence-corrected chi connectivity index (χ1v) is 8.96. The van der Waals surface area contributed by atoms with Crippen LogP contribution in [0.5, 0.6) is 11.5 Å². The fourth-order valence-electron chi connectivity index (χ4n) is 3.19. The first-order chi connectivity index (χ1) is 13.6. The van der Waals surface area contributed by atoms with Crippen LogP contribution in [0.25, 0.3) is 16.9 Å². The number of fused-ring (bicyclic) bond motifs is 1. The van der Waals surface area contributed by atoms with Gasteiger partial charge in [0.2, 0.25) is 0 Å². The number of nitriles is 1. The number of para-hydroxylation sites is 1. The molecule has 0 spiro atoms. The van der Waals surface area contributed by atoms with Crippen LogP contribution in [0.1, 0.15) is 30.9 Å². The van der Waals surface area contributed by atoms with E-state index in [4.69, 9.17) is 4.74 Å². The standard InChI is InChI=1S/C22H18N4O2/c1-14(2)19-20(25-21-16(12-23)13-24-26(21)22(19)27)15-8-10-18(11-9-15)28-17-6-4-3-5-7-17/h3-11,13-14,25H,1-2H3. The Labute approximate surface area is 161 Å². The molecule has 0 atom stereocenters. The molecule has 0 aliphatic carbocycles. The van der Waals surface area contributed by atoms with Gasteiger partial charge in [-0.25, -0.2) is 0 Å². The Morgan fingerprint density at radius 3 is 2.39 bits per heavy atom. The lowest BCUT2D eigenvalue weighted by atomic mass is 9.98. The topological polar surface area (TPSA) is 83.2 Å². The number of nitrogens with one attached hydrogen (secondary N) is 1. The molecule has 0 bridgehead atoms. The number of aromatic amines is 1. The normalized spacial score (nSPS) is 10.9. The Balaban J connectivity index is 1.81. The molecule has 2 heterocycles. The highest BCUT2D eigenvalue weighted by atomic mass is 16.5. The lowest BCUT2D eigenvalue weighted by molar-refractivity contribution is 0.483. The third-order valence-corrected chi connectivity index (χ3v) is 4.52. The zero-order valence-electron chi connectivity index (χ0n) is 15.5. The summed E-state index contributed by atoms with van der Waals surface area (Å²) in [4.78, 5) is 16.2. The Hall–Kier alpha value is -3.85. The predicted molar refractivity (Wildman–Crippen MR) is 107 cm³/mol. The molecular formula is C22H18N4O2. The van der Waals surface area contributed by atoms with Crippen molar-refractivity contribution in [3.8, 4) is 28.8 Å². The maximum absolute atomic E-state index is 12.9. The van der Waals surface area contributed by atoms with Crippen LogP contribution in [0.3, 0.4) is 0 Å². The molecule has 0 aliphatic heterocycles. The number of hydrogen-bond acceptors (Lipinski definition) is 4. The number of rotatable bonds is 4. The van der Waals surface area contributed by atoms with Crippen molar-refractivity contribution >= 4 is 5.65 Å². The van der Waals surface area contributed by atoms with E-state index in [0.717, 1.165) is 11.3 Å². The van der Waals surface area contributed by atoms with Gasteiger partial charge in [0.05, 0.1) is 11.9 Å². The molecule has 2 aromatic heterocycles. The summed E-state index contributed by atoms with van der Waals surface area (Å²) in [6.07, 6.45) is 1.40. The highest BCUT2D eigenvalue weighted by Gasteiger charge is 2.19. The first-order valence-electron chi connectivity index (χ1n) is 8.96. The summed E-state index contributed by atoms with van der Waals surface area (Å²) in [5.74, 6) is 1.44. The molecule has 4 aromatic rings. The second kappa shape index (κ2) is 7.05. The van der Waals surface area contributed by atoms with Crippen LogP contribution in [0.4, 0.5) is 0 Å². The highest BCUT2D eigenvalue weighted by molar-refractivity contribution is 5.68. The van der Waals surface area contributed by atoms with Gasteiger partial charge in [0.1, 0.15) is 23.1 Å². The summed E-state index contributed by atoms with van der Waals surface area (Å²) >= 11 is 0. The van der Waals surface area contributed by atoms with Gasteiger partial charge in [-0.15, -0.1) is 0 Å². The minimum absolute atomic E-state index is 0.0156. The van der Waals surface area contributed by atoms with Gasteiger partial charge in [-0.2, -0.15) is 14.9 Å². The number of aromatic nitrogens is 3. The summed E-state index contributed by atoms with van der Waals surface area (Å²) in [7, 11) is 0. The number of ether oxygens (including phenoxy) is 1. The van der Waals surface area contributed by atoms with Crippen LogP contribution in [-0.2, 0) is 0 Å². The van der Waals surface area contributed by atoms with E-state index in [0.29, 0.717) is 28.2 Å². The van der Waals surface area contributed by atoms with Crippen LogP contribution in [0, 0.1) is 11.3 Å². The zero-order chi connectivity index (χ0) is 19.7. The summed E-state index contributed by atoms with van der Waals surface area (Å²) in [6, 6.07) is 19.1. The SMILES string of the molecule is CC(C)c1c(-c2ccc(Oc3ccccc3)cc2)[nH]c2c(C#N)cnn2c1=O. The molecule has 1 N–H and O–H groups in total. The number of benzene rings is 2. The van der Waals surface area contributed by atoms with E-state index in [-0.39, 0.29) is 11.5 Å². The van der Waals surface area contributed by atoms with Crippen molar-refractivity contribution in [1.29, 1.82) is 5.26 Å². The van der Waals surface area contributed by atoms with Gasteiger partial charge in [0.15, 0.2) is 5.65 Å². The fraction of sp³-hybridized carbons (Fsp3) is 0.136. The summed E-state index contributed by atoms with van der Waals surface area (Å²) in [5, 5.41) is 13.3. The van der Waals surface area contributed by atoms with Crippen molar-refractivity contribution in [1.82, 2.24) is 14.6 Å². The van der Waals surface area contributed by atoms with Gasteiger partial charge in [-0.3, -0.25) is 4.79 Å². The van der Waals surface area contributed by atoms with Crippen molar-refractivity contribution < 1.29 is 4.74 Å². The summed E-state index contributed by atoms with van der Waals surface area (Å²) in [5.41, 5.74) is 2.67. The Kier molecular flexibility index (Phi) is 4.42. The maximum atomic E-state index is 12.9. The van der Waals surface area contributed by atoms with Crippen molar-refractivity contribution in [3.63, 3.8) is 0 Å². The monoisotopic (exact) mass is 370 g/mol. The van der Waals surface area contributed by atoms with E-state index in [1.54, 1.807) is 0 Å². The van der Waals surface area contributed by atoms with Crippen molar-refractivity contribution in [2.45, 2.75) is 19.8 Å². The first kappa shape index (κ1) is 17.6. The summed E-state index contributed by atoms with van der Waals surface area (Å²) < 4.78 is 7.09. The third kappa shape index (κ3) is 3.03. The maximum Gasteiger partial charge on any atom is 0.278 e. The van der Waals surface area contributed by atoms with Crippen LogP contribution >= 0.6 is 0 Å². The lowest BCUT2D eigenvalue weighted by Crippen LogP contribution is -2.22. The molecule has 0 saturated heterocycles. The summed E-state index contributed by atoms with van der Waals surface area (Å²) in [6.45, 7) is 3.92. The zero-order valence-corrected chi connectivity index (χ0v) is 15.5. The molecule has 0 radical (unpaired) electrons. The van der Waals surface area contributed by atoms with Crippen molar-refractivity contribution in [3.05, 3.63) is 82.3 Å². The van der Waals surface area contributed by atoms with Crippen LogP contribution in [0.15, 0.2) is 65.6 Å². The van der Waals surface area contributed by atoms with E-state index < -0.39 is 0 Å². The lowest BCUT2D eigenvalue weighted by Gasteiger charge is -2.14. The average molecular weight is 370 g/mol. The molecule has 0 saturated carbocycles. The van der Waals surface area contributed by atoms with Gasteiger partial charge < -0.3 is 9.72 Å². The van der Waals surface area contributed by atoms with E-state index in [9.17, 15) is 10.1 Å². The van der Waals surface area contributed by atoms with Crippen LogP contribution in [-0.4, -0.2) is 14.6 Å². The molecule has 138 valence electrons. The second-order valence-electron chi connectivity index (χ2n) is 6.74. The van der Waals surface area contributed by atoms with Crippen LogP contribution in [0.2, 0.25) is 0 Å². The molecule has 0 fully saturated rings. The molecular weight excluding hydrogens is 352 g/mol. The number of nitrogens with zero attached hydrogens (tertiary/aromatic N) is 3. The quantitative estimate of drug-likeness (QED) is 0.574. The Morgan fingerprint density at radius 1 is 1.07 bits per heavy atom. The molecule has 6 nitrogen and oxygen atoms in total. The Morgan fingerprint density at radius 2 is 1.75 bits per heavy atom. The smallest absolute Gasteiger partial charge is 0.278 e. The Bertz CT molecular complexity index is 1230. The van der Waals surface area contributed by atoms with E-state index in [1.165, 1.54) is 10.7 Å². The van der Waals surface area contributed by atoms with Gasteiger partial charge >= 0.3 is 0 Å².